The van der Waals surface area contributed by atoms with Crippen LogP contribution in [0.4, 0.5) is 0 Å². The zero-order valence-corrected chi connectivity index (χ0v) is 12.2. The van der Waals surface area contributed by atoms with Gasteiger partial charge in [-0.05, 0) is 24.6 Å². The number of imidazole rings is 1. The minimum atomic E-state index is -1.23. The first-order chi connectivity index (χ1) is 9.49. The summed E-state index contributed by atoms with van der Waals surface area (Å²) in [5.74, 6) is 0.293. The van der Waals surface area contributed by atoms with E-state index in [1.54, 1.807) is 25.3 Å². The van der Waals surface area contributed by atoms with Crippen molar-refractivity contribution in [2.45, 2.75) is 18.2 Å². The highest BCUT2D eigenvalue weighted by atomic mass is 32.2. The Labute approximate surface area is 119 Å². The monoisotopic (exact) mass is 292 g/mol. The third kappa shape index (κ3) is 3.14. The van der Waals surface area contributed by atoms with Gasteiger partial charge in [-0.15, -0.1) is 0 Å². The van der Waals surface area contributed by atoms with Gasteiger partial charge in [0.15, 0.2) is 0 Å². The van der Waals surface area contributed by atoms with E-state index in [-0.39, 0.29) is 5.56 Å². The van der Waals surface area contributed by atoms with Gasteiger partial charge in [-0.25, -0.2) is 9.78 Å². The van der Waals surface area contributed by atoms with Crippen LogP contribution in [0.5, 0.6) is 0 Å². The number of aryl methyl sites for hydroxylation is 3. The van der Waals surface area contributed by atoms with Gasteiger partial charge in [-0.2, -0.15) is 0 Å². The lowest BCUT2D eigenvalue weighted by molar-refractivity contribution is 0.0696. The summed E-state index contributed by atoms with van der Waals surface area (Å²) >= 11 is 0. The lowest BCUT2D eigenvalue weighted by Gasteiger charge is -2.06. The van der Waals surface area contributed by atoms with Gasteiger partial charge in [0.1, 0.15) is 5.82 Å². The third-order valence-electron chi connectivity index (χ3n) is 3.13. The summed E-state index contributed by atoms with van der Waals surface area (Å²) in [5.41, 5.74) is 0.871. The predicted molar refractivity (Wildman–Crippen MR) is 76.3 cm³/mol. The Hall–Kier alpha value is -1.95. The number of carboxylic acid groups (broad SMARTS) is 1. The van der Waals surface area contributed by atoms with E-state index in [0.29, 0.717) is 22.6 Å². The van der Waals surface area contributed by atoms with Crippen LogP contribution in [-0.2, 0) is 24.3 Å². The number of aromatic nitrogens is 2. The molecule has 2 rings (SSSR count). The smallest absolute Gasteiger partial charge is 0.335 e. The molecule has 0 radical (unpaired) electrons. The number of nitrogens with zero attached hydrogens (tertiary/aromatic N) is 2. The Morgan fingerprint density at radius 2 is 2.20 bits per heavy atom. The maximum atomic E-state index is 12.2. The molecule has 1 heterocycles. The fraction of sp³-hybridized carbons (Fsp3) is 0.286. The van der Waals surface area contributed by atoms with Crippen molar-refractivity contribution >= 4 is 16.8 Å². The first-order valence-corrected chi connectivity index (χ1v) is 7.49. The fourth-order valence-corrected chi connectivity index (χ4v) is 2.99. The summed E-state index contributed by atoms with van der Waals surface area (Å²) in [4.78, 5) is 15.8. The number of hydrogen-bond donors (Lipinski definition) is 1. The average Bonchev–Trinajstić information content (AvgIpc) is 2.81. The molecule has 1 atom stereocenters. The van der Waals surface area contributed by atoms with E-state index in [2.05, 4.69) is 4.98 Å². The summed E-state index contributed by atoms with van der Waals surface area (Å²) in [5, 5.41) is 9.08. The highest BCUT2D eigenvalue weighted by Crippen LogP contribution is 2.15. The molecule has 0 aliphatic heterocycles. The molecule has 0 saturated heterocycles. The molecular weight excluding hydrogens is 276 g/mol. The van der Waals surface area contributed by atoms with Crippen molar-refractivity contribution in [3.05, 3.63) is 47.5 Å². The Morgan fingerprint density at radius 3 is 2.80 bits per heavy atom. The number of carbonyl (C=O) groups is 1. The van der Waals surface area contributed by atoms with Crippen molar-refractivity contribution in [3.63, 3.8) is 0 Å². The highest BCUT2D eigenvalue weighted by Gasteiger charge is 2.12. The second kappa shape index (κ2) is 6.00. The van der Waals surface area contributed by atoms with Crippen LogP contribution in [0.1, 0.15) is 21.7 Å². The van der Waals surface area contributed by atoms with Crippen LogP contribution in [0.25, 0.3) is 0 Å². The van der Waals surface area contributed by atoms with E-state index < -0.39 is 16.8 Å². The third-order valence-corrected chi connectivity index (χ3v) is 4.49. The molecular formula is C14H16N2O3S. The lowest BCUT2D eigenvalue weighted by Crippen LogP contribution is -2.07. The number of carboxylic acids is 1. The molecule has 1 aromatic heterocycles. The van der Waals surface area contributed by atoms with Crippen LogP contribution in [0.2, 0.25) is 0 Å². The summed E-state index contributed by atoms with van der Waals surface area (Å²) in [7, 11) is 0.661. The van der Waals surface area contributed by atoms with Gasteiger partial charge in [0.25, 0.3) is 0 Å². The van der Waals surface area contributed by atoms with Crippen molar-refractivity contribution in [3.8, 4) is 0 Å². The van der Waals surface area contributed by atoms with Gasteiger partial charge in [-0.3, -0.25) is 4.21 Å². The lowest BCUT2D eigenvalue weighted by atomic mass is 10.1. The maximum Gasteiger partial charge on any atom is 0.335 e. The Kier molecular flexibility index (Phi) is 4.34. The second-order valence-corrected chi connectivity index (χ2v) is 6.11. The molecule has 0 saturated carbocycles. The van der Waals surface area contributed by atoms with Crippen molar-refractivity contribution < 1.29 is 14.1 Å². The zero-order chi connectivity index (χ0) is 14.7. The van der Waals surface area contributed by atoms with E-state index in [1.165, 1.54) is 6.07 Å². The van der Waals surface area contributed by atoms with Crippen LogP contribution >= 0.6 is 0 Å². The van der Waals surface area contributed by atoms with Crippen molar-refractivity contribution in [2.75, 3.05) is 5.75 Å². The van der Waals surface area contributed by atoms with E-state index in [9.17, 15) is 9.00 Å². The predicted octanol–water partition coefficient (Wildman–Crippen LogP) is 1.78. The molecule has 0 fully saturated rings. The Bertz CT molecular complexity index is 664. The van der Waals surface area contributed by atoms with Crippen molar-refractivity contribution in [2.24, 2.45) is 7.05 Å². The van der Waals surface area contributed by atoms with E-state index in [4.69, 9.17) is 5.11 Å². The molecule has 1 aromatic carbocycles. The zero-order valence-electron chi connectivity index (χ0n) is 11.4. The van der Waals surface area contributed by atoms with E-state index >= 15 is 0 Å². The first-order valence-electron chi connectivity index (χ1n) is 6.17. The molecule has 0 amide bonds. The molecule has 1 unspecified atom stereocenters. The van der Waals surface area contributed by atoms with Gasteiger partial charge in [-0.1, -0.05) is 6.07 Å². The number of aromatic carboxylic acids is 1. The normalized spacial score (nSPS) is 12.3. The first kappa shape index (κ1) is 14.5. The second-order valence-electron chi connectivity index (χ2n) is 4.54. The van der Waals surface area contributed by atoms with Gasteiger partial charge in [0.05, 0.1) is 16.4 Å². The van der Waals surface area contributed by atoms with Gasteiger partial charge < -0.3 is 9.67 Å². The molecule has 0 aliphatic rings. The summed E-state index contributed by atoms with van der Waals surface area (Å²) in [6.07, 6.45) is 4.13. The van der Waals surface area contributed by atoms with Crippen LogP contribution in [0.3, 0.4) is 0 Å². The van der Waals surface area contributed by atoms with Crippen molar-refractivity contribution in [1.82, 2.24) is 9.55 Å². The van der Waals surface area contributed by atoms with Crippen LogP contribution in [0, 0.1) is 6.92 Å². The van der Waals surface area contributed by atoms with Crippen LogP contribution in [-0.4, -0.2) is 30.6 Å². The molecule has 6 heteroatoms. The molecule has 0 spiro atoms. The minimum absolute atomic E-state index is 0.202. The van der Waals surface area contributed by atoms with Crippen LogP contribution < -0.4 is 0 Å². The quantitative estimate of drug-likeness (QED) is 0.911. The average molecular weight is 292 g/mol. The summed E-state index contributed by atoms with van der Waals surface area (Å²) in [6.45, 7) is 1.73. The Balaban J connectivity index is 2.12. The van der Waals surface area contributed by atoms with Crippen LogP contribution in [0.15, 0.2) is 35.5 Å². The molecule has 0 bridgehead atoms. The van der Waals surface area contributed by atoms with Gasteiger partial charge >= 0.3 is 5.97 Å². The number of benzene rings is 1. The highest BCUT2D eigenvalue weighted by molar-refractivity contribution is 7.85. The van der Waals surface area contributed by atoms with E-state index in [1.807, 2.05) is 17.8 Å². The molecule has 20 heavy (non-hydrogen) atoms. The minimum Gasteiger partial charge on any atom is -0.478 e. The summed E-state index contributed by atoms with van der Waals surface area (Å²) < 4.78 is 14.1. The Morgan fingerprint density at radius 1 is 1.45 bits per heavy atom. The molecule has 0 aliphatic carbocycles. The maximum absolute atomic E-state index is 12.2. The van der Waals surface area contributed by atoms with Gasteiger partial charge in [0.2, 0.25) is 0 Å². The molecule has 2 aromatic rings. The molecule has 5 nitrogen and oxygen atoms in total. The standard InChI is InChI=1S/C14H16N2O3S/c1-10-3-4-11(9-12(10)14(17)18)20(19)8-5-13-15-6-7-16(13)2/h3-4,6-7,9H,5,8H2,1-2H3,(H,17,18). The number of rotatable bonds is 5. The largest absolute Gasteiger partial charge is 0.478 e. The van der Waals surface area contributed by atoms with E-state index in [0.717, 1.165) is 5.82 Å². The topological polar surface area (TPSA) is 72.2 Å². The molecule has 1 N–H and O–H groups in total. The summed E-state index contributed by atoms with van der Waals surface area (Å²) in [6, 6.07) is 4.90. The van der Waals surface area contributed by atoms with Crippen molar-refractivity contribution in [1.29, 1.82) is 0 Å². The molecule has 106 valence electrons. The fourth-order valence-electron chi connectivity index (χ4n) is 1.91. The number of hydrogen-bond acceptors (Lipinski definition) is 3. The SMILES string of the molecule is Cc1ccc(S(=O)CCc2nccn2C)cc1C(=O)O. The van der Waals surface area contributed by atoms with Gasteiger partial charge in [0, 0.05) is 36.5 Å².